The molecule has 0 fully saturated rings. The number of hydrogen-bond donors (Lipinski definition) is 3. The molecule has 0 aliphatic carbocycles. The Hall–Kier alpha value is -3.86. The van der Waals surface area contributed by atoms with Gasteiger partial charge in [-0.1, -0.05) is 18.8 Å². The van der Waals surface area contributed by atoms with Crippen LogP contribution in [0.1, 0.15) is 45.2 Å². The summed E-state index contributed by atoms with van der Waals surface area (Å²) in [5.74, 6) is 1.91. The van der Waals surface area contributed by atoms with Crippen molar-refractivity contribution in [2.75, 3.05) is 20.8 Å². The van der Waals surface area contributed by atoms with Gasteiger partial charge in [-0.15, -0.1) is 0 Å². The van der Waals surface area contributed by atoms with E-state index in [1.807, 2.05) is 6.92 Å². The summed E-state index contributed by atoms with van der Waals surface area (Å²) in [5.41, 5.74) is 0.193. The van der Waals surface area contributed by atoms with Crippen molar-refractivity contribution in [3.63, 3.8) is 0 Å². The first-order valence-electron chi connectivity index (χ1n) is 8.57. The molecular formula is C21H20O8. The first-order chi connectivity index (χ1) is 13.8. The maximum absolute atomic E-state index is 12.2. The molecule has 0 heterocycles. The summed E-state index contributed by atoms with van der Waals surface area (Å²) in [6.07, 6.45) is 0.579. The van der Waals surface area contributed by atoms with Crippen LogP contribution in [0.5, 0.6) is 23.0 Å². The van der Waals surface area contributed by atoms with Gasteiger partial charge in [-0.2, -0.15) is 0 Å². The van der Waals surface area contributed by atoms with Crippen molar-refractivity contribution < 1.29 is 39.1 Å². The zero-order valence-corrected chi connectivity index (χ0v) is 16.1. The maximum atomic E-state index is 12.2. The average molecular weight is 400 g/mol. The summed E-state index contributed by atoms with van der Waals surface area (Å²) >= 11 is 0. The molecule has 152 valence electrons. The van der Waals surface area contributed by atoms with Crippen LogP contribution in [0.2, 0.25) is 0 Å². The molecule has 0 amide bonds. The number of phenols is 3. The third-order valence-electron chi connectivity index (χ3n) is 3.85. The fraction of sp³-hybridized carbons (Fsp3) is 0.238. The highest BCUT2D eigenvalue weighted by Gasteiger charge is 2.21. The second-order valence-electron chi connectivity index (χ2n) is 5.81. The summed E-state index contributed by atoms with van der Waals surface area (Å²) in [5, 5.41) is 29.6. The number of carbonyl (C=O) groups excluding carboxylic acids is 2. The first kappa shape index (κ1) is 21.4. The highest BCUT2D eigenvalue weighted by atomic mass is 16.5. The molecule has 0 unspecified atom stereocenters. The predicted octanol–water partition coefficient (Wildman–Crippen LogP) is 2.57. The number of phenolic OH excluding ortho intramolecular Hbond substituents is 3. The van der Waals surface area contributed by atoms with Gasteiger partial charge in [0.25, 0.3) is 0 Å². The van der Waals surface area contributed by atoms with E-state index in [4.69, 9.17) is 9.47 Å². The van der Waals surface area contributed by atoms with Crippen LogP contribution in [0.3, 0.4) is 0 Å². The lowest BCUT2D eigenvalue weighted by Crippen LogP contribution is -2.08. The molecule has 2 aromatic rings. The fourth-order valence-electron chi connectivity index (χ4n) is 2.39. The summed E-state index contributed by atoms with van der Waals surface area (Å²) in [6.45, 7) is 1.95. The Bertz CT molecular complexity index is 998. The molecule has 8 nitrogen and oxygen atoms in total. The highest BCUT2D eigenvalue weighted by Crippen LogP contribution is 2.39. The highest BCUT2D eigenvalue weighted by molar-refractivity contribution is 5.95. The lowest BCUT2D eigenvalue weighted by atomic mass is 10.0. The molecule has 0 aliphatic heterocycles. The number of rotatable bonds is 5. The second-order valence-corrected chi connectivity index (χ2v) is 5.81. The quantitative estimate of drug-likeness (QED) is 0.398. The number of esters is 2. The van der Waals surface area contributed by atoms with E-state index < -0.39 is 29.2 Å². The van der Waals surface area contributed by atoms with Crippen molar-refractivity contribution in [3.05, 3.63) is 46.5 Å². The van der Waals surface area contributed by atoms with E-state index in [-0.39, 0.29) is 29.0 Å². The molecule has 0 aromatic heterocycles. The Morgan fingerprint density at radius 3 is 2.31 bits per heavy atom. The molecule has 29 heavy (non-hydrogen) atoms. The van der Waals surface area contributed by atoms with E-state index >= 15 is 0 Å². The molecule has 2 aromatic carbocycles. The smallest absolute Gasteiger partial charge is 0.341 e. The Morgan fingerprint density at radius 2 is 1.69 bits per heavy atom. The molecule has 2 rings (SSSR count). The van der Waals surface area contributed by atoms with Gasteiger partial charge in [-0.05, 0) is 30.7 Å². The first-order valence-corrected chi connectivity index (χ1v) is 8.57. The molecule has 0 spiro atoms. The topological polar surface area (TPSA) is 123 Å². The third-order valence-corrected chi connectivity index (χ3v) is 3.85. The van der Waals surface area contributed by atoms with Crippen LogP contribution in [-0.2, 0) is 9.47 Å². The minimum absolute atomic E-state index is 0.139. The number of aromatic hydroxyl groups is 3. The largest absolute Gasteiger partial charge is 0.504 e. The molecule has 0 saturated heterocycles. The zero-order valence-electron chi connectivity index (χ0n) is 16.1. The van der Waals surface area contributed by atoms with Gasteiger partial charge >= 0.3 is 11.9 Å². The number of carbonyl (C=O) groups is 2. The number of methoxy groups -OCH3 is 2. The van der Waals surface area contributed by atoms with E-state index in [1.165, 1.54) is 32.4 Å². The standard InChI is InChI=1S/C21H20O8/c1-4-9-29-21(26)15-11-16(22)19(24)18(23)13(15)7-5-12-6-8-14(20(25)28-3)17(10-12)27-2/h6,8,10-11,22-24H,4,9H2,1-3H3. The lowest BCUT2D eigenvalue weighted by Gasteiger charge is -2.10. The van der Waals surface area contributed by atoms with Crippen LogP contribution >= 0.6 is 0 Å². The fourth-order valence-corrected chi connectivity index (χ4v) is 2.39. The Balaban J connectivity index is 2.52. The van der Waals surface area contributed by atoms with Gasteiger partial charge in [-0.3, -0.25) is 0 Å². The van der Waals surface area contributed by atoms with Gasteiger partial charge in [0.2, 0.25) is 5.75 Å². The molecule has 0 radical (unpaired) electrons. The average Bonchev–Trinajstić information content (AvgIpc) is 2.74. The van der Waals surface area contributed by atoms with E-state index in [2.05, 4.69) is 16.6 Å². The van der Waals surface area contributed by atoms with Crippen LogP contribution < -0.4 is 4.74 Å². The molecule has 0 saturated carbocycles. The van der Waals surface area contributed by atoms with E-state index in [0.29, 0.717) is 12.0 Å². The normalized spacial score (nSPS) is 9.90. The summed E-state index contributed by atoms with van der Waals surface area (Å²) < 4.78 is 14.9. The monoisotopic (exact) mass is 400 g/mol. The molecule has 0 bridgehead atoms. The zero-order chi connectivity index (χ0) is 21.6. The molecule has 0 aliphatic rings. The summed E-state index contributed by atoms with van der Waals surface area (Å²) in [4.78, 5) is 24.0. The van der Waals surface area contributed by atoms with Gasteiger partial charge in [0.05, 0.1) is 32.0 Å². The van der Waals surface area contributed by atoms with Gasteiger partial charge in [0.15, 0.2) is 11.5 Å². The van der Waals surface area contributed by atoms with Crippen molar-refractivity contribution >= 4 is 11.9 Å². The van der Waals surface area contributed by atoms with Crippen LogP contribution in [-0.4, -0.2) is 48.1 Å². The summed E-state index contributed by atoms with van der Waals surface area (Å²) in [7, 11) is 2.62. The van der Waals surface area contributed by atoms with Gasteiger partial charge < -0.3 is 29.5 Å². The Kier molecular flexibility index (Phi) is 6.93. The molecule has 8 heteroatoms. The van der Waals surface area contributed by atoms with Crippen molar-refractivity contribution in [3.8, 4) is 34.8 Å². The van der Waals surface area contributed by atoms with Gasteiger partial charge in [0.1, 0.15) is 11.3 Å². The number of hydrogen-bond acceptors (Lipinski definition) is 8. The van der Waals surface area contributed by atoms with Gasteiger partial charge in [-0.25, -0.2) is 9.59 Å². The number of benzene rings is 2. The van der Waals surface area contributed by atoms with E-state index in [1.54, 1.807) is 0 Å². The van der Waals surface area contributed by atoms with E-state index in [9.17, 15) is 24.9 Å². The Morgan fingerprint density at radius 1 is 0.966 bits per heavy atom. The van der Waals surface area contributed by atoms with Crippen molar-refractivity contribution in [1.29, 1.82) is 0 Å². The van der Waals surface area contributed by atoms with Crippen molar-refractivity contribution in [2.24, 2.45) is 0 Å². The second kappa shape index (κ2) is 9.37. The van der Waals surface area contributed by atoms with Gasteiger partial charge in [0, 0.05) is 5.56 Å². The number of ether oxygens (including phenoxy) is 3. The molecule has 0 atom stereocenters. The SMILES string of the molecule is CCCOC(=O)c1cc(O)c(O)c(O)c1C#Cc1ccc(C(=O)OC)c(OC)c1. The third kappa shape index (κ3) is 4.71. The maximum Gasteiger partial charge on any atom is 0.341 e. The summed E-state index contributed by atoms with van der Waals surface area (Å²) in [6, 6.07) is 5.43. The van der Waals surface area contributed by atoms with E-state index in [0.717, 1.165) is 6.07 Å². The molecular weight excluding hydrogens is 380 g/mol. The van der Waals surface area contributed by atoms with Crippen molar-refractivity contribution in [2.45, 2.75) is 13.3 Å². The van der Waals surface area contributed by atoms with Crippen LogP contribution in [0.25, 0.3) is 0 Å². The minimum Gasteiger partial charge on any atom is -0.504 e. The molecule has 3 N–H and O–H groups in total. The lowest BCUT2D eigenvalue weighted by molar-refractivity contribution is 0.0503. The van der Waals surface area contributed by atoms with Crippen molar-refractivity contribution in [1.82, 2.24) is 0 Å². The van der Waals surface area contributed by atoms with Crippen LogP contribution in [0.15, 0.2) is 24.3 Å². The Labute approximate surface area is 167 Å². The minimum atomic E-state index is -0.806. The van der Waals surface area contributed by atoms with Crippen LogP contribution in [0, 0.1) is 11.8 Å². The predicted molar refractivity (Wildman–Crippen MR) is 102 cm³/mol. The van der Waals surface area contributed by atoms with Crippen LogP contribution in [0.4, 0.5) is 0 Å².